The van der Waals surface area contributed by atoms with Gasteiger partial charge in [0.05, 0.1) is 15.9 Å². The Labute approximate surface area is 255 Å². The van der Waals surface area contributed by atoms with Crippen LogP contribution in [0.25, 0.3) is 11.1 Å². The van der Waals surface area contributed by atoms with Crippen molar-refractivity contribution in [1.82, 2.24) is 9.62 Å². The number of carbonyl (C=O) groups is 1. The van der Waals surface area contributed by atoms with E-state index in [1.807, 2.05) is 60.4 Å². The van der Waals surface area contributed by atoms with Crippen LogP contribution in [0.3, 0.4) is 0 Å². The normalized spacial score (nSPS) is 15.0. The van der Waals surface area contributed by atoms with E-state index in [0.717, 1.165) is 52.4 Å². The second-order valence-electron chi connectivity index (χ2n) is 10.3. The van der Waals surface area contributed by atoms with E-state index >= 15 is 0 Å². The van der Waals surface area contributed by atoms with Crippen molar-refractivity contribution in [3.05, 3.63) is 123 Å². The third-order valence-electron chi connectivity index (χ3n) is 7.34. The molecule has 0 bridgehead atoms. The van der Waals surface area contributed by atoms with Gasteiger partial charge in [-0.3, -0.25) is 19.8 Å². The lowest BCUT2D eigenvalue weighted by molar-refractivity contribution is -0.384. The molecule has 1 amide bonds. The van der Waals surface area contributed by atoms with Crippen LogP contribution in [0.2, 0.25) is 5.02 Å². The van der Waals surface area contributed by atoms with E-state index in [1.54, 1.807) is 0 Å². The number of halogens is 1. The Balaban J connectivity index is 1.27. The van der Waals surface area contributed by atoms with Gasteiger partial charge < -0.3 is 4.74 Å². The quantitative estimate of drug-likeness (QED) is 0.167. The van der Waals surface area contributed by atoms with Gasteiger partial charge in [0.25, 0.3) is 21.6 Å². The molecular weight excluding hydrogens is 590 g/mol. The van der Waals surface area contributed by atoms with Crippen LogP contribution in [0.15, 0.2) is 95.9 Å². The number of nitro groups is 1. The summed E-state index contributed by atoms with van der Waals surface area (Å²) in [6.07, 6.45) is 1.06. The SMILES string of the molecule is CCCN1Cc2cc(OCc3ccc(-c4ccccc4)cc3)ccc2C[C@H]1C(=O)NS(=O)(=O)c1ccc(Cl)c([N+](=O)[O-])c1. The third-order valence-corrected chi connectivity index (χ3v) is 9.01. The first-order valence-electron chi connectivity index (χ1n) is 13.8. The topological polar surface area (TPSA) is 119 Å². The van der Waals surface area contributed by atoms with Crippen LogP contribution in [-0.2, 0) is 34.4 Å². The average Bonchev–Trinajstić information content (AvgIpc) is 3.00. The minimum Gasteiger partial charge on any atom is -0.489 e. The lowest BCUT2D eigenvalue weighted by atomic mass is 9.93. The predicted molar refractivity (Wildman–Crippen MR) is 164 cm³/mol. The molecule has 222 valence electrons. The van der Waals surface area contributed by atoms with Crippen molar-refractivity contribution in [2.75, 3.05) is 6.54 Å². The van der Waals surface area contributed by atoms with Crippen LogP contribution in [0.1, 0.15) is 30.0 Å². The van der Waals surface area contributed by atoms with Crippen LogP contribution >= 0.6 is 11.6 Å². The Morgan fingerprint density at radius 3 is 2.42 bits per heavy atom. The summed E-state index contributed by atoms with van der Waals surface area (Å²) >= 11 is 5.82. The van der Waals surface area contributed by atoms with Crippen molar-refractivity contribution in [1.29, 1.82) is 0 Å². The van der Waals surface area contributed by atoms with Gasteiger partial charge in [-0.15, -0.1) is 0 Å². The maximum atomic E-state index is 13.3. The van der Waals surface area contributed by atoms with E-state index in [9.17, 15) is 23.3 Å². The second kappa shape index (κ2) is 12.9. The maximum absolute atomic E-state index is 13.3. The van der Waals surface area contributed by atoms with Crippen LogP contribution in [0.5, 0.6) is 5.75 Å². The Bertz CT molecular complexity index is 1750. The molecule has 1 N–H and O–H groups in total. The van der Waals surface area contributed by atoms with Crippen molar-refractivity contribution in [2.45, 2.75) is 43.9 Å². The standard InChI is InChI=1S/C32H30ClN3O6S/c1-2-16-35-20-26-17-27(42-21-22-8-10-24(11-9-22)23-6-4-3-5-7-23)13-12-25(26)18-31(35)32(37)34-43(40,41)28-14-15-29(33)30(19-28)36(38)39/h3-15,17,19,31H,2,16,18,20-21H2,1H3,(H,34,37)/t31-/m0/s1. The minimum absolute atomic E-state index is 0.197. The number of hydrogen-bond acceptors (Lipinski definition) is 7. The summed E-state index contributed by atoms with van der Waals surface area (Å²) in [5.41, 5.74) is 4.69. The molecule has 11 heteroatoms. The molecule has 1 aliphatic rings. The van der Waals surface area contributed by atoms with Crippen LogP contribution in [0.4, 0.5) is 5.69 Å². The van der Waals surface area contributed by atoms with Gasteiger partial charge in [0, 0.05) is 12.6 Å². The number of benzene rings is 4. The second-order valence-corrected chi connectivity index (χ2v) is 12.4. The average molecular weight is 620 g/mol. The summed E-state index contributed by atoms with van der Waals surface area (Å²) in [7, 11) is -4.37. The number of hydrogen-bond donors (Lipinski definition) is 1. The van der Waals surface area contributed by atoms with E-state index in [4.69, 9.17) is 16.3 Å². The fourth-order valence-corrected chi connectivity index (χ4v) is 6.35. The van der Waals surface area contributed by atoms with Crippen LogP contribution < -0.4 is 9.46 Å². The van der Waals surface area contributed by atoms with Gasteiger partial charge in [-0.1, -0.05) is 79.2 Å². The summed E-state index contributed by atoms with van der Waals surface area (Å²) < 4.78 is 34.1. The number of rotatable bonds is 10. The highest BCUT2D eigenvalue weighted by Crippen LogP contribution is 2.30. The van der Waals surface area contributed by atoms with Crippen LogP contribution in [-0.4, -0.2) is 36.7 Å². The fourth-order valence-electron chi connectivity index (χ4n) is 5.14. The molecule has 0 spiro atoms. The van der Waals surface area contributed by atoms with E-state index in [2.05, 4.69) is 29.0 Å². The summed E-state index contributed by atoms with van der Waals surface area (Å²) in [5, 5.41) is 11.0. The lowest BCUT2D eigenvalue weighted by Crippen LogP contribution is -2.51. The summed E-state index contributed by atoms with van der Waals surface area (Å²) in [5.74, 6) is 0.00752. The molecule has 0 fully saturated rings. The van der Waals surface area contributed by atoms with Gasteiger partial charge in [0.2, 0.25) is 0 Å². The smallest absolute Gasteiger partial charge is 0.289 e. The third kappa shape index (κ3) is 7.05. The van der Waals surface area contributed by atoms with Crippen LogP contribution in [0, 0.1) is 10.1 Å². The van der Waals surface area contributed by atoms with Crippen molar-refractivity contribution in [3.63, 3.8) is 0 Å². The number of fused-ring (bicyclic) bond motifs is 1. The molecule has 4 aromatic rings. The Hall–Kier alpha value is -4.25. The first kappa shape index (κ1) is 30.2. The molecule has 1 aliphatic heterocycles. The number of nitrogens with one attached hydrogen (secondary N) is 1. The van der Waals surface area contributed by atoms with E-state index in [0.29, 0.717) is 31.9 Å². The predicted octanol–water partition coefficient (Wildman–Crippen LogP) is 6.14. The molecule has 1 atom stereocenters. The number of sulfonamides is 1. The highest BCUT2D eigenvalue weighted by atomic mass is 35.5. The first-order chi connectivity index (χ1) is 20.6. The maximum Gasteiger partial charge on any atom is 0.289 e. The minimum atomic E-state index is -4.37. The van der Waals surface area contributed by atoms with E-state index < -0.39 is 37.5 Å². The first-order valence-corrected chi connectivity index (χ1v) is 15.6. The molecule has 9 nitrogen and oxygen atoms in total. The van der Waals surface area contributed by atoms with Gasteiger partial charge >= 0.3 is 0 Å². The number of nitrogens with zero attached hydrogens (tertiary/aromatic N) is 2. The number of ether oxygens (including phenoxy) is 1. The molecule has 0 radical (unpaired) electrons. The van der Waals surface area contributed by atoms with Crippen molar-refractivity contribution < 1.29 is 22.9 Å². The van der Waals surface area contributed by atoms with Gasteiger partial charge in [-0.05, 0) is 71.5 Å². The highest BCUT2D eigenvalue weighted by Gasteiger charge is 2.34. The molecule has 1 heterocycles. The molecule has 0 aromatic heterocycles. The number of nitro benzene ring substituents is 1. The van der Waals surface area contributed by atoms with Gasteiger partial charge in [-0.25, -0.2) is 13.1 Å². The molecular formula is C32H30ClN3O6S. The zero-order valence-corrected chi connectivity index (χ0v) is 25.0. The van der Waals surface area contributed by atoms with Gasteiger partial charge in [0.1, 0.15) is 17.4 Å². The Morgan fingerprint density at radius 2 is 1.72 bits per heavy atom. The molecule has 5 rings (SSSR count). The fraction of sp³-hybridized carbons (Fsp3) is 0.219. The summed E-state index contributed by atoms with van der Waals surface area (Å²) in [6.45, 7) is 3.40. The zero-order valence-electron chi connectivity index (χ0n) is 23.4. The molecule has 0 aliphatic carbocycles. The Kier molecular flexibility index (Phi) is 9.10. The zero-order chi connectivity index (χ0) is 30.6. The molecule has 43 heavy (non-hydrogen) atoms. The monoisotopic (exact) mass is 619 g/mol. The summed E-state index contributed by atoms with van der Waals surface area (Å²) in [6, 6.07) is 26.5. The highest BCUT2D eigenvalue weighted by molar-refractivity contribution is 7.90. The van der Waals surface area contributed by atoms with Crippen molar-refractivity contribution >= 4 is 33.2 Å². The molecule has 4 aromatic carbocycles. The van der Waals surface area contributed by atoms with Crippen molar-refractivity contribution in [2.24, 2.45) is 0 Å². The molecule has 0 saturated heterocycles. The largest absolute Gasteiger partial charge is 0.489 e. The molecule has 0 saturated carbocycles. The number of carbonyl (C=O) groups excluding carboxylic acids is 1. The number of amides is 1. The summed E-state index contributed by atoms with van der Waals surface area (Å²) in [4.78, 5) is 25.3. The van der Waals surface area contributed by atoms with Gasteiger partial charge in [0.15, 0.2) is 0 Å². The van der Waals surface area contributed by atoms with E-state index in [1.165, 1.54) is 0 Å². The lowest BCUT2D eigenvalue weighted by Gasteiger charge is -2.35. The van der Waals surface area contributed by atoms with Gasteiger partial charge in [-0.2, -0.15) is 0 Å². The van der Waals surface area contributed by atoms with E-state index in [-0.39, 0.29) is 5.02 Å². The molecule has 0 unspecified atom stereocenters. The Morgan fingerprint density at radius 1 is 1.00 bits per heavy atom. The van der Waals surface area contributed by atoms with Crippen molar-refractivity contribution in [3.8, 4) is 16.9 Å².